The summed E-state index contributed by atoms with van der Waals surface area (Å²) in [5.74, 6) is -4.99. The number of carbonyl (C=O) groups is 7. The van der Waals surface area contributed by atoms with Crippen molar-refractivity contribution in [3.05, 3.63) is 0 Å². The number of hydroxylamine groups is 8. The van der Waals surface area contributed by atoms with Crippen LogP contribution in [-0.4, -0.2) is 202 Å². The third-order valence-electron chi connectivity index (χ3n) is 24.3. The molecule has 26 nitrogen and oxygen atoms in total. The molecule has 8 fully saturated rings. The fraction of sp³-hybridized carbons (Fsp3) is 0.911. The molecule has 7 atom stereocenters. The van der Waals surface area contributed by atoms with Gasteiger partial charge in [-0.25, -0.2) is 0 Å². The highest BCUT2D eigenvalue weighted by molar-refractivity contribution is 5.68. The van der Waals surface area contributed by atoms with Crippen LogP contribution < -0.4 is 0 Å². The Kier molecular flexibility index (Phi) is 29.8. The number of carbonyl (C=O) groups excluding carboxylic acids is 7. The largest absolute Gasteiger partial charge is 0.465 e. The molecule has 26 heteroatoms. The molecule has 8 aliphatic rings. The number of ether oxygens (including phenoxy) is 11. The lowest BCUT2D eigenvalue weighted by Gasteiger charge is -2.63. The summed E-state index contributed by atoms with van der Waals surface area (Å²) in [7, 11) is 0. The lowest BCUT2D eigenvalue weighted by molar-refractivity contribution is -0.401. The maximum Gasteiger partial charge on any atom is 0.322 e. The van der Waals surface area contributed by atoms with Crippen molar-refractivity contribution in [3.8, 4) is 0 Å². The second kappa shape index (κ2) is 34.2. The standard InChI is InChI=1S/3C21H37NO6.C16H29NO4/c1-9-19(7)11-21(15(3)20(8,10-2)22(19)28-17(5)24)26-13-18(6,14-27-21)12-25-16(4)23;2*1-8-18(6)11-21(12-19(7,9-2)22(18)28-17(5)24)26-14-20(10-3,15-27-21)13-25-16(4)23;1-12(18)21-17-14(4,5)8-16(9-15(17,6)7)19-10-13(2,3)11-20-16/h15H,9-14H2,1-8H3;2*8-15H2,1-7H3;8-11H2,1-7H3. The first-order valence-electron chi connectivity index (χ1n) is 38.7. The first-order valence-corrected chi connectivity index (χ1v) is 38.7. The molecule has 0 aromatic rings. The molecular weight excluding hydrogens is 1360 g/mol. The van der Waals surface area contributed by atoms with E-state index in [1.54, 1.807) is 5.06 Å². The quantitative estimate of drug-likeness (QED) is 0.0911. The topological polar surface area (TPSA) is 271 Å². The van der Waals surface area contributed by atoms with Crippen LogP contribution in [0.4, 0.5) is 0 Å². The molecule has 0 aromatic heterocycles. The van der Waals surface area contributed by atoms with E-state index in [1.807, 2.05) is 22.1 Å². The zero-order valence-electron chi connectivity index (χ0n) is 70.2. The van der Waals surface area contributed by atoms with Gasteiger partial charge in [-0.2, -0.15) is 0 Å². The minimum absolute atomic E-state index is 0.0396. The Morgan fingerprint density at radius 2 is 0.590 bits per heavy atom. The molecule has 105 heavy (non-hydrogen) atoms. The first-order chi connectivity index (χ1) is 48.2. The van der Waals surface area contributed by atoms with Crippen molar-refractivity contribution >= 4 is 41.8 Å². The number of nitrogens with zero attached hydrogens (tertiary/aromatic N) is 4. The molecule has 8 saturated heterocycles. The van der Waals surface area contributed by atoms with E-state index in [4.69, 9.17) is 71.5 Å². The number of hydrogen-bond donors (Lipinski definition) is 0. The second-order valence-electron chi connectivity index (χ2n) is 35.9. The van der Waals surface area contributed by atoms with Crippen molar-refractivity contribution in [2.45, 2.75) is 365 Å². The van der Waals surface area contributed by atoms with Crippen LogP contribution in [-0.2, 0) is 105 Å². The molecule has 0 amide bonds. The zero-order valence-corrected chi connectivity index (χ0v) is 70.2. The van der Waals surface area contributed by atoms with Crippen LogP contribution >= 0.6 is 0 Å². The summed E-state index contributed by atoms with van der Waals surface area (Å²) in [5.41, 5.74) is -4.18. The molecule has 0 aromatic carbocycles. The van der Waals surface area contributed by atoms with Crippen LogP contribution in [0.3, 0.4) is 0 Å². The van der Waals surface area contributed by atoms with Gasteiger partial charge in [0.1, 0.15) is 19.8 Å². The highest BCUT2D eigenvalue weighted by atomic mass is 16.8. The van der Waals surface area contributed by atoms with E-state index in [2.05, 4.69) is 145 Å². The molecule has 0 aliphatic carbocycles. The summed E-state index contributed by atoms with van der Waals surface area (Å²) < 4.78 is 66.6. The van der Waals surface area contributed by atoms with E-state index in [1.165, 1.54) is 48.5 Å². The van der Waals surface area contributed by atoms with Crippen LogP contribution in [0, 0.1) is 27.6 Å². The van der Waals surface area contributed by atoms with Crippen molar-refractivity contribution in [2.24, 2.45) is 27.6 Å². The van der Waals surface area contributed by atoms with Crippen LogP contribution in [0.15, 0.2) is 0 Å². The van der Waals surface area contributed by atoms with Gasteiger partial charge in [0.15, 0.2) is 23.1 Å². The number of esters is 3. The first kappa shape index (κ1) is 91.4. The summed E-state index contributed by atoms with van der Waals surface area (Å²) in [5, 5.41) is 7.44. The smallest absolute Gasteiger partial charge is 0.322 e. The van der Waals surface area contributed by atoms with Crippen molar-refractivity contribution in [3.63, 3.8) is 0 Å². The maximum atomic E-state index is 11.8. The van der Waals surface area contributed by atoms with E-state index >= 15 is 0 Å². The Hall–Kier alpha value is -4.19. The third kappa shape index (κ3) is 21.3. The maximum absolute atomic E-state index is 11.8. The summed E-state index contributed by atoms with van der Waals surface area (Å²) in [6.45, 7) is 60.9. The Morgan fingerprint density at radius 1 is 0.314 bits per heavy atom. The van der Waals surface area contributed by atoms with Crippen molar-refractivity contribution in [1.29, 1.82) is 0 Å². The summed E-state index contributed by atoms with van der Waals surface area (Å²) in [6, 6.07) is 0. The van der Waals surface area contributed by atoms with E-state index < -0.39 is 56.4 Å². The normalized spacial score (nSPS) is 37.9. The van der Waals surface area contributed by atoms with Gasteiger partial charge in [0, 0.05) is 110 Å². The lowest BCUT2D eigenvalue weighted by Crippen LogP contribution is -2.74. The van der Waals surface area contributed by atoms with E-state index in [-0.39, 0.29) is 87.0 Å². The van der Waals surface area contributed by atoms with Gasteiger partial charge in [-0.05, 0) is 121 Å². The minimum atomic E-state index is -0.776. The van der Waals surface area contributed by atoms with Gasteiger partial charge in [-0.15, -0.1) is 20.3 Å². The number of rotatable bonds is 18. The van der Waals surface area contributed by atoms with Crippen molar-refractivity contribution in [2.75, 3.05) is 72.7 Å². The molecule has 8 heterocycles. The van der Waals surface area contributed by atoms with Gasteiger partial charge in [0.05, 0.1) is 108 Å². The molecule has 0 N–H and O–H groups in total. The lowest BCUT2D eigenvalue weighted by atomic mass is 9.67. The Labute approximate surface area is 629 Å². The van der Waals surface area contributed by atoms with Crippen molar-refractivity contribution < 1.29 is 105 Å². The van der Waals surface area contributed by atoms with Crippen LogP contribution in [0.2, 0.25) is 0 Å². The molecule has 608 valence electrons. The number of hydrogen-bond acceptors (Lipinski definition) is 26. The average molecular weight is 1500 g/mol. The highest BCUT2D eigenvalue weighted by Gasteiger charge is 2.66. The summed E-state index contributed by atoms with van der Waals surface area (Å²) >= 11 is 0. The highest BCUT2D eigenvalue weighted by Crippen LogP contribution is 2.57. The Bertz CT molecular complexity index is 2800. The van der Waals surface area contributed by atoms with Gasteiger partial charge in [0.25, 0.3) is 0 Å². The molecule has 7 unspecified atom stereocenters. The fourth-order valence-electron chi connectivity index (χ4n) is 16.9. The van der Waals surface area contributed by atoms with Crippen molar-refractivity contribution in [1.82, 2.24) is 20.3 Å². The van der Waals surface area contributed by atoms with E-state index in [0.29, 0.717) is 111 Å². The Balaban J connectivity index is 0.000000253. The monoisotopic (exact) mass is 1500 g/mol. The molecule has 4 spiro atoms. The SMILES string of the molecule is CC(=O)ON1C(C)(C)CC2(CC1(C)C)OCC(C)(C)CO2.CCC1(C)CC2(OCC(C)(COC(C)=O)CO2)C(C)C(C)(CC)N1OC(C)=O.CCC1(COC(C)=O)COC2(CC(C)(CC)N(OC(C)=O)C(C)(CC)C2)OC1.CCC1(COC(C)=O)COC2(CC(C)(CC)N(OC(C)=O)C(C)(CC)C2)OC1. The van der Waals surface area contributed by atoms with E-state index in [0.717, 1.165) is 51.4 Å². The Morgan fingerprint density at radius 3 is 0.876 bits per heavy atom. The predicted octanol–water partition coefficient (Wildman–Crippen LogP) is 13.5. The minimum Gasteiger partial charge on any atom is -0.465 e. The van der Waals surface area contributed by atoms with Gasteiger partial charge >= 0.3 is 41.8 Å². The van der Waals surface area contributed by atoms with Gasteiger partial charge < -0.3 is 71.5 Å². The average Bonchev–Trinajstić information content (AvgIpc) is 0.727. The third-order valence-corrected chi connectivity index (χ3v) is 24.3. The van der Waals surface area contributed by atoms with Crippen LogP contribution in [0.25, 0.3) is 0 Å². The van der Waals surface area contributed by atoms with Gasteiger partial charge in [-0.1, -0.05) is 83.1 Å². The molecule has 0 saturated carbocycles. The van der Waals surface area contributed by atoms with Gasteiger partial charge in [-0.3, -0.25) is 33.6 Å². The predicted molar refractivity (Wildman–Crippen MR) is 392 cm³/mol. The zero-order chi connectivity index (χ0) is 79.9. The molecule has 0 bridgehead atoms. The second-order valence-corrected chi connectivity index (χ2v) is 35.9. The van der Waals surface area contributed by atoms with Gasteiger partial charge in [0.2, 0.25) is 0 Å². The van der Waals surface area contributed by atoms with Crippen LogP contribution in [0.1, 0.15) is 297 Å². The fourth-order valence-corrected chi connectivity index (χ4v) is 16.9. The summed E-state index contributed by atoms with van der Waals surface area (Å²) in [6.07, 6.45) is 10.7. The van der Waals surface area contributed by atoms with Crippen LogP contribution in [0.5, 0.6) is 0 Å². The molecular formula is C79H140N4O22. The summed E-state index contributed by atoms with van der Waals surface area (Å²) in [4.78, 5) is 103. The molecule has 8 aliphatic heterocycles. The van der Waals surface area contributed by atoms with E-state index in [9.17, 15) is 33.6 Å². The number of piperidine rings is 4. The molecule has 0 radical (unpaired) electrons. The molecule has 8 rings (SSSR count).